The minimum atomic E-state index is -3.70. The topological polar surface area (TPSA) is 83.5 Å². The van der Waals surface area contributed by atoms with Crippen LogP contribution in [0, 0.1) is 19.3 Å². The first-order valence-corrected chi connectivity index (χ1v) is 8.47. The van der Waals surface area contributed by atoms with E-state index in [-0.39, 0.29) is 11.4 Å². The highest BCUT2D eigenvalue weighted by atomic mass is 32.2. The van der Waals surface area contributed by atoms with Crippen molar-refractivity contribution in [2.24, 2.45) is 5.41 Å². The predicted molar refractivity (Wildman–Crippen MR) is 81.8 cm³/mol. The second kappa shape index (κ2) is 6.58. The van der Waals surface area contributed by atoms with Gasteiger partial charge in [-0.15, -0.1) is 0 Å². The number of carboxylic acid groups (broad SMARTS) is 1. The van der Waals surface area contributed by atoms with Gasteiger partial charge in [0.1, 0.15) is 0 Å². The Labute approximate surface area is 126 Å². The van der Waals surface area contributed by atoms with Gasteiger partial charge in [-0.3, -0.25) is 4.79 Å². The molecule has 5 nitrogen and oxygen atoms in total. The van der Waals surface area contributed by atoms with Crippen LogP contribution in [0.15, 0.2) is 23.1 Å². The van der Waals surface area contributed by atoms with Gasteiger partial charge < -0.3 is 5.11 Å². The first-order valence-electron chi connectivity index (χ1n) is 6.99. The number of aryl methyl sites for hydroxylation is 2. The van der Waals surface area contributed by atoms with Crippen LogP contribution in [0.3, 0.4) is 0 Å². The third-order valence-corrected chi connectivity index (χ3v) is 5.60. The van der Waals surface area contributed by atoms with Crippen molar-refractivity contribution < 1.29 is 18.3 Å². The van der Waals surface area contributed by atoms with E-state index in [9.17, 15) is 18.3 Å². The van der Waals surface area contributed by atoms with Crippen molar-refractivity contribution in [3.8, 4) is 0 Å². The van der Waals surface area contributed by atoms with E-state index in [2.05, 4.69) is 4.72 Å². The Balaban J connectivity index is 3.00. The molecule has 0 aliphatic carbocycles. The Morgan fingerprint density at radius 1 is 1.19 bits per heavy atom. The lowest BCUT2D eigenvalue weighted by atomic mass is 9.83. The summed E-state index contributed by atoms with van der Waals surface area (Å²) < 4.78 is 27.0. The van der Waals surface area contributed by atoms with Crippen LogP contribution in [0.25, 0.3) is 0 Å². The first-order chi connectivity index (χ1) is 9.68. The van der Waals surface area contributed by atoms with Gasteiger partial charge in [-0.05, 0) is 49.9 Å². The molecule has 0 bridgehead atoms. The van der Waals surface area contributed by atoms with Gasteiger partial charge in [-0.2, -0.15) is 0 Å². The van der Waals surface area contributed by atoms with Gasteiger partial charge in [0.05, 0.1) is 10.3 Å². The van der Waals surface area contributed by atoms with E-state index in [0.717, 1.165) is 11.1 Å². The molecule has 0 aromatic heterocycles. The maximum absolute atomic E-state index is 12.3. The summed E-state index contributed by atoms with van der Waals surface area (Å²) in [6.45, 7) is 7.14. The number of aliphatic carboxylic acids is 1. The largest absolute Gasteiger partial charge is 0.481 e. The van der Waals surface area contributed by atoms with Gasteiger partial charge >= 0.3 is 5.97 Å². The highest BCUT2D eigenvalue weighted by molar-refractivity contribution is 7.89. The summed E-state index contributed by atoms with van der Waals surface area (Å²) in [6, 6.07) is 4.87. The van der Waals surface area contributed by atoms with Crippen molar-refractivity contribution in [1.29, 1.82) is 0 Å². The number of hydrogen-bond donors (Lipinski definition) is 2. The van der Waals surface area contributed by atoms with E-state index in [1.165, 1.54) is 6.07 Å². The molecular weight excluding hydrogens is 290 g/mol. The number of rotatable bonds is 7. The molecule has 0 fully saturated rings. The van der Waals surface area contributed by atoms with Crippen molar-refractivity contribution in [3.05, 3.63) is 29.3 Å². The van der Waals surface area contributed by atoms with E-state index >= 15 is 0 Å². The highest BCUT2D eigenvalue weighted by Crippen LogP contribution is 2.26. The van der Waals surface area contributed by atoms with Gasteiger partial charge in [0, 0.05) is 6.54 Å². The lowest BCUT2D eigenvalue weighted by molar-refractivity contribution is -0.149. The fourth-order valence-electron chi connectivity index (χ4n) is 2.08. The van der Waals surface area contributed by atoms with Crippen molar-refractivity contribution in [1.82, 2.24) is 4.72 Å². The molecule has 0 heterocycles. The van der Waals surface area contributed by atoms with E-state index in [0.29, 0.717) is 12.8 Å². The minimum Gasteiger partial charge on any atom is -0.481 e. The van der Waals surface area contributed by atoms with Crippen LogP contribution in [-0.2, 0) is 14.8 Å². The third kappa shape index (κ3) is 3.83. The second-order valence-electron chi connectivity index (χ2n) is 5.36. The average molecular weight is 313 g/mol. The number of hydrogen-bond acceptors (Lipinski definition) is 3. The molecule has 0 spiro atoms. The molecule has 0 amide bonds. The maximum atomic E-state index is 12.3. The Morgan fingerprint density at radius 3 is 2.19 bits per heavy atom. The van der Waals surface area contributed by atoms with Gasteiger partial charge in [0.25, 0.3) is 0 Å². The molecule has 0 aliphatic heterocycles. The fourth-order valence-corrected chi connectivity index (χ4v) is 3.29. The van der Waals surface area contributed by atoms with E-state index in [1.54, 1.807) is 26.0 Å². The van der Waals surface area contributed by atoms with Crippen LogP contribution in [0.5, 0.6) is 0 Å². The summed E-state index contributed by atoms with van der Waals surface area (Å²) in [7, 11) is -3.70. The fraction of sp³-hybridized carbons (Fsp3) is 0.533. The molecule has 0 saturated carbocycles. The number of carbonyl (C=O) groups is 1. The molecule has 1 aromatic rings. The third-order valence-electron chi connectivity index (χ3n) is 4.20. The Hall–Kier alpha value is -1.40. The molecule has 1 aromatic carbocycles. The summed E-state index contributed by atoms with van der Waals surface area (Å²) >= 11 is 0. The molecule has 118 valence electrons. The molecule has 0 unspecified atom stereocenters. The van der Waals surface area contributed by atoms with Crippen LogP contribution in [-0.4, -0.2) is 26.0 Å². The maximum Gasteiger partial charge on any atom is 0.310 e. The normalized spacial score (nSPS) is 12.4. The molecule has 21 heavy (non-hydrogen) atoms. The smallest absolute Gasteiger partial charge is 0.310 e. The second-order valence-corrected chi connectivity index (χ2v) is 7.13. The molecule has 0 aliphatic rings. The zero-order valence-electron chi connectivity index (χ0n) is 12.9. The van der Waals surface area contributed by atoms with Gasteiger partial charge in [-0.25, -0.2) is 13.1 Å². The van der Waals surface area contributed by atoms with Crippen LogP contribution in [0.2, 0.25) is 0 Å². The lowest BCUT2D eigenvalue weighted by Gasteiger charge is -2.26. The van der Waals surface area contributed by atoms with Crippen LogP contribution in [0.4, 0.5) is 0 Å². The highest BCUT2D eigenvalue weighted by Gasteiger charge is 2.36. The monoisotopic (exact) mass is 313 g/mol. The van der Waals surface area contributed by atoms with Crippen LogP contribution < -0.4 is 4.72 Å². The van der Waals surface area contributed by atoms with Gasteiger partial charge in [-0.1, -0.05) is 19.9 Å². The zero-order valence-corrected chi connectivity index (χ0v) is 13.8. The first kappa shape index (κ1) is 17.7. The summed E-state index contributed by atoms with van der Waals surface area (Å²) in [6.07, 6.45) is 0.739. The predicted octanol–water partition coefficient (Wildman–Crippen LogP) is 2.47. The molecule has 6 heteroatoms. The minimum absolute atomic E-state index is 0.107. The zero-order chi connectivity index (χ0) is 16.3. The van der Waals surface area contributed by atoms with Crippen molar-refractivity contribution in [2.45, 2.75) is 45.4 Å². The molecule has 2 N–H and O–H groups in total. The van der Waals surface area contributed by atoms with E-state index in [1.807, 2.05) is 13.8 Å². The molecule has 0 saturated heterocycles. The molecular formula is C15H23NO4S. The number of sulfonamides is 1. The molecule has 0 atom stereocenters. The number of nitrogens with one attached hydrogen (secondary N) is 1. The van der Waals surface area contributed by atoms with Gasteiger partial charge in [0.2, 0.25) is 10.0 Å². The van der Waals surface area contributed by atoms with E-state index in [4.69, 9.17) is 0 Å². The quantitative estimate of drug-likeness (QED) is 0.810. The Morgan fingerprint density at radius 2 is 1.76 bits per heavy atom. The Kier molecular flexibility index (Phi) is 5.53. The van der Waals surface area contributed by atoms with Crippen LogP contribution >= 0.6 is 0 Å². The van der Waals surface area contributed by atoms with Crippen molar-refractivity contribution >= 4 is 16.0 Å². The molecule has 0 radical (unpaired) electrons. The van der Waals surface area contributed by atoms with Gasteiger partial charge in [0.15, 0.2) is 0 Å². The summed E-state index contributed by atoms with van der Waals surface area (Å²) in [5.74, 6) is -0.977. The number of benzene rings is 1. The summed E-state index contributed by atoms with van der Waals surface area (Å²) in [4.78, 5) is 11.6. The summed E-state index contributed by atoms with van der Waals surface area (Å²) in [5, 5.41) is 9.34. The number of carboxylic acids is 1. The standard InChI is InChI=1S/C15H23NO4S/c1-5-15(6-2,14(17)18)10-16-21(19,20)13-8-7-11(3)12(4)9-13/h7-9,16H,5-6,10H2,1-4H3,(H,17,18). The summed E-state index contributed by atoms with van der Waals surface area (Å²) in [5.41, 5.74) is 0.830. The van der Waals surface area contributed by atoms with Crippen molar-refractivity contribution in [3.63, 3.8) is 0 Å². The average Bonchev–Trinajstić information content (AvgIpc) is 2.43. The lowest BCUT2D eigenvalue weighted by Crippen LogP contribution is -2.42. The SMILES string of the molecule is CCC(CC)(CNS(=O)(=O)c1ccc(C)c(C)c1)C(=O)O. The molecule has 1 rings (SSSR count). The van der Waals surface area contributed by atoms with E-state index < -0.39 is 21.4 Å². The van der Waals surface area contributed by atoms with Crippen molar-refractivity contribution in [2.75, 3.05) is 6.54 Å². The Bertz CT molecular complexity index is 619. The van der Waals surface area contributed by atoms with Crippen LogP contribution in [0.1, 0.15) is 37.8 Å².